The minimum absolute atomic E-state index is 0.0936. The van der Waals surface area contributed by atoms with Gasteiger partial charge in [-0.1, -0.05) is 20.8 Å². The Kier molecular flexibility index (Phi) is 6.17. The SMILES string of the molecule is CCN(CCC#N)CC(=O)C(C)C. The van der Waals surface area contributed by atoms with E-state index in [0.717, 1.165) is 6.54 Å². The number of nitriles is 1. The minimum Gasteiger partial charge on any atom is -0.298 e. The Labute approximate surface area is 80.3 Å². The molecule has 13 heavy (non-hydrogen) atoms. The van der Waals surface area contributed by atoms with Crippen molar-refractivity contribution in [1.29, 1.82) is 5.26 Å². The average Bonchev–Trinajstić information content (AvgIpc) is 2.11. The number of rotatable bonds is 6. The van der Waals surface area contributed by atoms with Crippen molar-refractivity contribution in [3.05, 3.63) is 0 Å². The van der Waals surface area contributed by atoms with E-state index in [4.69, 9.17) is 5.26 Å². The van der Waals surface area contributed by atoms with E-state index in [1.54, 1.807) is 0 Å². The summed E-state index contributed by atoms with van der Waals surface area (Å²) >= 11 is 0. The Hall–Kier alpha value is -0.880. The second-order valence-electron chi connectivity index (χ2n) is 3.40. The Morgan fingerprint density at radius 3 is 2.54 bits per heavy atom. The summed E-state index contributed by atoms with van der Waals surface area (Å²) < 4.78 is 0. The largest absolute Gasteiger partial charge is 0.298 e. The number of Topliss-reactive ketones (excluding diaryl/α,β-unsaturated/α-hetero) is 1. The Bertz CT molecular complexity index is 194. The molecule has 0 saturated carbocycles. The first-order valence-corrected chi connectivity index (χ1v) is 4.73. The molecule has 74 valence electrons. The molecule has 0 spiro atoms. The van der Waals surface area contributed by atoms with Gasteiger partial charge in [0.25, 0.3) is 0 Å². The maximum atomic E-state index is 11.4. The molecule has 0 N–H and O–H groups in total. The quantitative estimate of drug-likeness (QED) is 0.624. The first-order chi connectivity index (χ1) is 6.11. The van der Waals surface area contributed by atoms with E-state index in [1.165, 1.54) is 0 Å². The summed E-state index contributed by atoms with van der Waals surface area (Å²) in [5.74, 6) is 0.343. The van der Waals surface area contributed by atoms with Gasteiger partial charge in [0.2, 0.25) is 0 Å². The minimum atomic E-state index is 0.0936. The topological polar surface area (TPSA) is 44.1 Å². The van der Waals surface area contributed by atoms with Gasteiger partial charge in [0.05, 0.1) is 12.6 Å². The summed E-state index contributed by atoms with van der Waals surface area (Å²) in [6, 6.07) is 2.08. The van der Waals surface area contributed by atoms with Gasteiger partial charge in [-0.15, -0.1) is 0 Å². The van der Waals surface area contributed by atoms with Gasteiger partial charge >= 0.3 is 0 Å². The van der Waals surface area contributed by atoms with Gasteiger partial charge in [-0.2, -0.15) is 5.26 Å². The third-order valence-electron chi connectivity index (χ3n) is 2.01. The molecule has 0 aromatic rings. The molecule has 0 aliphatic carbocycles. The molecule has 0 aliphatic heterocycles. The van der Waals surface area contributed by atoms with Crippen molar-refractivity contribution in [3.63, 3.8) is 0 Å². The van der Waals surface area contributed by atoms with Gasteiger partial charge in [0, 0.05) is 18.9 Å². The van der Waals surface area contributed by atoms with E-state index in [9.17, 15) is 4.79 Å². The van der Waals surface area contributed by atoms with Crippen molar-refractivity contribution in [1.82, 2.24) is 4.90 Å². The van der Waals surface area contributed by atoms with Crippen LogP contribution in [0.15, 0.2) is 0 Å². The zero-order chi connectivity index (χ0) is 10.3. The molecule has 3 heteroatoms. The molecule has 0 aromatic heterocycles. The first kappa shape index (κ1) is 12.1. The average molecular weight is 182 g/mol. The van der Waals surface area contributed by atoms with Gasteiger partial charge < -0.3 is 0 Å². The fourth-order valence-corrected chi connectivity index (χ4v) is 0.960. The van der Waals surface area contributed by atoms with Crippen LogP contribution < -0.4 is 0 Å². The first-order valence-electron chi connectivity index (χ1n) is 4.73. The van der Waals surface area contributed by atoms with Crippen LogP contribution in [-0.2, 0) is 4.79 Å². The molecule has 0 aromatic carbocycles. The highest BCUT2D eigenvalue weighted by molar-refractivity contribution is 5.82. The fraction of sp³-hybridized carbons (Fsp3) is 0.800. The Balaban J connectivity index is 3.84. The van der Waals surface area contributed by atoms with Gasteiger partial charge in [-0.3, -0.25) is 9.69 Å². The molecule has 0 heterocycles. The lowest BCUT2D eigenvalue weighted by Gasteiger charge is -2.18. The number of carbonyl (C=O) groups is 1. The van der Waals surface area contributed by atoms with E-state index in [1.807, 2.05) is 25.7 Å². The Morgan fingerprint density at radius 1 is 1.54 bits per heavy atom. The summed E-state index contributed by atoms with van der Waals surface area (Å²) in [6.45, 7) is 7.83. The molecule has 0 aliphatic rings. The van der Waals surface area contributed by atoms with Crippen molar-refractivity contribution in [2.75, 3.05) is 19.6 Å². The number of hydrogen-bond acceptors (Lipinski definition) is 3. The number of hydrogen-bond donors (Lipinski definition) is 0. The number of carbonyl (C=O) groups excluding carboxylic acids is 1. The zero-order valence-electron chi connectivity index (χ0n) is 8.71. The van der Waals surface area contributed by atoms with Gasteiger partial charge in [0.15, 0.2) is 0 Å². The molecule has 0 atom stereocenters. The van der Waals surface area contributed by atoms with Crippen LogP contribution in [0.4, 0.5) is 0 Å². The predicted octanol–water partition coefficient (Wildman–Crippen LogP) is 1.45. The third kappa shape index (κ3) is 5.37. The summed E-state index contributed by atoms with van der Waals surface area (Å²) in [4.78, 5) is 13.4. The molecule has 0 rings (SSSR count). The Morgan fingerprint density at radius 2 is 2.15 bits per heavy atom. The predicted molar refractivity (Wildman–Crippen MR) is 52.2 cm³/mol. The smallest absolute Gasteiger partial charge is 0.149 e. The van der Waals surface area contributed by atoms with Crippen LogP contribution >= 0.6 is 0 Å². The molecule has 0 saturated heterocycles. The molecule has 0 bridgehead atoms. The lowest BCUT2D eigenvalue weighted by Crippen LogP contribution is -2.32. The van der Waals surface area contributed by atoms with Gasteiger partial charge in [0.1, 0.15) is 5.78 Å². The summed E-state index contributed by atoms with van der Waals surface area (Å²) in [5.41, 5.74) is 0. The van der Waals surface area contributed by atoms with Crippen LogP contribution in [0.3, 0.4) is 0 Å². The van der Waals surface area contributed by atoms with E-state index in [2.05, 4.69) is 6.07 Å². The lowest BCUT2D eigenvalue weighted by atomic mass is 10.1. The van der Waals surface area contributed by atoms with E-state index in [-0.39, 0.29) is 11.7 Å². The van der Waals surface area contributed by atoms with Crippen molar-refractivity contribution >= 4 is 5.78 Å². The van der Waals surface area contributed by atoms with E-state index in [0.29, 0.717) is 19.5 Å². The lowest BCUT2D eigenvalue weighted by molar-refractivity contribution is -0.123. The van der Waals surface area contributed by atoms with Crippen molar-refractivity contribution in [3.8, 4) is 6.07 Å². The molecule has 0 fully saturated rings. The van der Waals surface area contributed by atoms with E-state index < -0.39 is 0 Å². The molecular formula is C10H18N2O. The number of likely N-dealkylation sites (N-methyl/N-ethyl adjacent to an activating group) is 1. The number of ketones is 1. The van der Waals surface area contributed by atoms with Crippen LogP contribution in [0.5, 0.6) is 0 Å². The van der Waals surface area contributed by atoms with Crippen LogP contribution in [0.25, 0.3) is 0 Å². The summed E-state index contributed by atoms with van der Waals surface area (Å²) in [7, 11) is 0. The molecule has 0 amide bonds. The van der Waals surface area contributed by atoms with E-state index >= 15 is 0 Å². The molecular weight excluding hydrogens is 164 g/mol. The highest BCUT2D eigenvalue weighted by atomic mass is 16.1. The maximum absolute atomic E-state index is 11.4. The number of nitrogens with zero attached hydrogens (tertiary/aromatic N) is 2. The van der Waals surface area contributed by atoms with Crippen LogP contribution in [0.2, 0.25) is 0 Å². The normalized spacial score (nSPS) is 10.5. The zero-order valence-corrected chi connectivity index (χ0v) is 8.71. The van der Waals surface area contributed by atoms with Crippen molar-refractivity contribution in [2.45, 2.75) is 27.2 Å². The van der Waals surface area contributed by atoms with Crippen molar-refractivity contribution < 1.29 is 4.79 Å². The second kappa shape index (κ2) is 6.62. The highest BCUT2D eigenvalue weighted by Gasteiger charge is 2.11. The second-order valence-corrected chi connectivity index (χ2v) is 3.40. The van der Waals surface area contributed by atoms with Gasteiger partial charge in [-0.25, -0.2) is 0 Å². The fourth-order valence-electron chi connectivity index (χ4n) is 0.960. The maximum Gasteiger partial charge on any atom is 0.149 e. The molecule has 0 unspecified atom stereocenters. The third-order valence-corrected chi connectivity index (χ3v) is 2.01. The standard InChI is InChI=1S/C10H18N2O/c1-4-12(7-5-6-11)8-10(13)9(2)3/h9H,4-5,7-8H2,1-3H3. The summed E-state index contributed by atoms with van der Waals surface area (Å²) in [6.07, 6.45) is 0.499. The van der Waals surface area contributed by atoms with Gasteiger partial charge in [-0.05, 0) is 6.54 Å². The van der Waals surface area contributed by atoms with Crippen LogP contribution in [-0.4, -0.2) is 30.3 Å². The van der Waals surface area contributed by atoms with Crippen molar-refractivity contribution in [2.24, 2.45) is 5.92 Å². The molecule has 3 nitrogen and oxygen atoms in total. The highest BCUT2D eigenvalue weighted by Crippen LogP contribution is 1.98. The van der Waals surface area contributed by atoms with Crippen LogP contribution in [0.1, 0.15) is 27.2 Å². The van der Waals surface area contributed by atoms with Crippen LogP contribution in [0, 0.1) is 17.2 Å². The summed E-state index contributed by atoms with van der Waals surface area (Å²) in [5, 5.41) is 8.39. The monoisotopic (exact) mass is 182 g/mol. The molecule has 0 radical (unpaired) electrons.